The Morgan fingerprint density at radius 2 is 2.07 bits per heavy atom. The monoisotopic (exact) mass is 380 g/mol. The van der Waals surface area contributed by atoms with E-state index in [1.807, 2.05) is 11.6 Å². The van der Waals surface area contributed by atoms with E-state index in [4.69, 9.17) is 4.74 Å². The molecule has 2 saturated heterocycles. The van der Waals surface area contributed by atoms with Crippen LogP contribution in [0.2, 0.25) is 0 Å². The van der Waals surface area contributed by atoms with Gasteiger partial charge in [-0.15, -0.1) is 0 Å². The van der Waals surface area contributed by atoms with Crippen molar-refractivity contribution in [1.82, 2.24) is 19.6 Å². The number of carbonyl (C=O) groups is 1. The molecular weight excluding hydrogens is 352 g/mol. The topological polar surface area (TPSA) is 50.6 Å². The van der Waals surface area contributed by atoms with Crippen LogP contribution in [0.3, 0.4) is 0 Å². The first kappa shape index (κ1) is 17.7. The lowest BCUT2D eigenvalue weighted by atomic mass is 10.1. The summed E-state index contributed by atoms with van der Waals surface area (Å²) in [4.78, 5) is 17.3. The fraction of sp³-hybridized carbons (Fsp3) is 0.545. The summed E-state index contributed by atoms with van der Waals surface area (Å²) in [6.07, 6.45) is 2.73. The number of ether oxygens (including phenoxy) is 1. The SMILES string of the molecule is Cc1cc(C)n(CCN2C(=O)C[C@H]3[C@@H]2CCN3Cc2ccc3c(c2)CCO3)n1. The minimum Gasteiger partial charge on any atom is -0.493 e. The van der Waals surface area contributed by atoms with Crippen LogP contribution < -0.4 is 4.74 Å². The summed E-state index contributed by atoms with van der Waals surface area (Å²) in [5.41, 5.74) is 4.85. The van der Waals surface area contributed by atoms with Gasteiger partial charge in [-0.05, 0) is 43.5 Å². The highest BCUT2D eigenvalue weighted by Crippen LogP contribution is 2.34. The van der Waals surface area contributed by atoms with Crippen molar-refractivity contribution in [2.24, 2.45) is 0 Å². The molecule has 3 aliphatic heterocycles. The van der Waals surface area contributed by atoms with Gasteiger partial charge in [-0.2, -0.15) is 5.10 Å². The number of nitrogens with zero attached hydrogens (tertiary/aromatic N) is 4. The van der Waals surface area contributed by atoms with Gasteiger partial charge in [0, 0.05) is 50.3 Å². The summed E-state index contributed by atoms with van der Waals surface area (Å²) in [5, 5.41) is 4.54. The Morgan fingerprint density at radius 3 is 2.89 bits per heavy atom. The third-order valence-electron chi connectivity index (χ3n) is 6.53. The van der Waals surface area contributed by atoms with Gasteiger partial charge in [0.1, 0.15) is 5.75 Å². The van der Waals surface area contributed by atoms with Crippen LogP contribution in [-0.2, 0) is 24.3 Å². The van der Waals surface area contributed by atoms with E-state index in [0.29, 0.717) is 24.4 Å². The van der Waals surface area contributed by atoms with Crippen LogP contribution in [0.1, 0.15) is 35.4 Å². The standard InChI is InChI=1S/C22H28N4O2/c1-15-11-16(2)26(23-15)9-8-25-19-5-7-24(20(19)13-22(25)27)14-17-3-4-21-18(12-17)6-10-28-21/h3-4,11-12,19-20H,5-10,13-14H2,1-2H3/t19-,20-/m0/s1. The van der Waals surface area contributed by atoms with Crippen LogP contribution in [0.4, 0.5) is 0 Å². The summed E-state index contributed by atoms with van der Waals surface area (Å²) in [7, 11) is 0. The fourth-order valence-corrected chi connectivity index (χ4v) is 5.17. The van der Waals surface area contributed by atoms with E-state index in [2.05, 4.69) is 46.1 Å². The van der Waals surface area contributed by atoms with Gasteiger partial charge in [0.15, 0.2) is 0 Å². The van der Waals surface area contributed by atoms with Crippen LogP contribution in [0.25, 0.3) is 0 Å². The number of hydrogen-bond acceptors (Lipinski definition) is 4. The Bertz CT molecular complexity index is 906. The van der Waals surface area contributed by atoms with Gasteiger partial charge >= 0.3 is 0 Å². The lowest BCUT2D eigenvalue weighted by Crippen LogP contribution is -2.39. The maximum Gasteiger partial charge on any atom is 0.224 e. The van der Waals surface area contributed by atoms with E-state index in [-0.39, 0.29) is 0 Å². The lowest BCUT2D eigenvalue weighted by Gasteiger charge is -2.25. The second-order valence-electron chi connectivity index (χ2n) is 8.38. The second-order valence-corrected chi connectivity index (χ2v) is 8.38. The molecule has 28 heavy (non-hydrogen) atoms. The van der Waals surface area contributed by atoms with Crippen molar-refractivity contribution < 1.29 is 9.53 Å². The van der Waals surface area contributed by atoms with Gasteiger partial charge < -0.3 is 9.64 Å². The molecule has 0 bridgehead atoms. The fourth-order valence-electron chi connectivity index (χ4n) is 5.17. The predicted octanol–water partition coefficient (Wildman–Crippen LogP) is 2.31. The smallest absolute Gasteiger partial charge is 0.224 e. The van der Waals surface area contributed by atoms with Gasteiger partial charge in [0.25, 0.3) is 0 Å². The molecule has 0 aliphatic carbocycles. The zero-order valence-corrected chi connectivity index (χ0v) is 16.7. The first-order valence-corrected chi connectivity index (χ1v) is 10.4. The normalized spacial score (nSPS) is 23.9. The van der Waals surface area contributed by atoms with E-state index in [9.17, 15) is 4.79 Å². The number of likely N-dealkylation sites (tertiary alicyclic amines) is 2. The van der Waals surface area contributed by atoms with Crippen molar-refractivity contribution in [1.29, 1.82) is 0 Å². The van der Waals surface area contributed by atoms with E-state index in [1.165, 1.54) is 11.1 Å². The molecule has 1 aromatic heterocycles. The van der Waals surface area contributed by atoms with Crippen molar-refractivity contribution in [3.05, 3.63) is 46.8 Å². The van der Waals surface area contributed by atoms with E-state index >= 15 is 0 Å². The Balaban J connectivity index is 1.24. The average molecular weight is 380 g/mol. The number of fused-ring (bicyclic) bond motifs is 2. The van der Waals surface area contributed by atoms with Crippen molar-refractivity contribution in [3.63, 3.8) is 0 Å². The molecule has 5 rings (SSSR count). The highest BCUT2D eigenvalue weighted by atomic mass is 16.5. The van der Waals surface area contributed by atoms with Crippen molar-refractivity contribution in [2.45, 2.75) is 58.3 Å². The van der Waals surface area contributed by atoms with Crippen molar-refractivity contribution >= 4 is 5.91 Å². The lowest BCUT2D eigenvalue weighted by molar-refractivity contribution is -0.129. The second kappa shape index (κ2) is 6.92. The molecular formula is C22H28N4O2. The maximum atomic E-state index is 12.7. The van der Waals surface area contributed by atoms with Gasteiger partial charge in [-0.25, -0.2) is 0 Å². The van der Waals surface area contributed by atoms with Gasteiger partial charge in [-0.3, -0.25) is 14.4 Å². The molecule has 0 N–H and O–H groups in total. The Morgan fingerprint density at radius 1 is 1.18 bits per heavy atom. The summed E-state index contributed by atoms with van der Waals surface area (Å²) in [6, 6.07) is 9.35. The van der Waals surface area contributed by atoms with Crippen LogP contribution in [0.5, 0.6) is 5.75 Å². The van der Waals surface area contributed by atoms with E-state index < -0.39 is 0 Å². The molecule has 2 fully saturated rings. The third kappa shape index (κ3) is 3.09. The largest absolute Gasteiger partial charge is 0.493 e. The van der Waals surface area contributed by atoms with Crippen LogP contribution >= 0.6 is 0 Å². The number of hydrogen-bond donors (Lipinski definition) is 0. The average Bonchev–Trinajstić information content (AvgIpc) is 3.40. The zero-order chi connectivity index (χ0) is 19.3. The zero-order valence-electron chi connectivity index (χ0n) is 16.7. The van der Waals surface area contributed by atoms with Crippen LogP contribution in [-0.4, -0.2) is 57.3 Å². The molecule has 6 nitrogen and oxygen atoms in total. The maximum absolute atomic E-state index is 12.7. The minimum atomic E-state index is 0.295. The molecule has 1 amide bonds. The number of carbonyl (C=O) groups excluding carboxylic acids is 1. The molecule has 0 radical (unpaired) electrons. The molecule has 0 saturated carbocycles. The van der Waals surface area contributed by atoms with E-state index in [1.54, 1.807) is 0 Å². The van der Waals surface area contributed by atoms with Gasteiger partial charge in [0.05, 0.1) is 18.8 Å². The third-order valence-corrected chi connectivity index (χ3v) is 6.53. The number of aromatic nitrogens is 2. The number of benzene rings is 1. The molecule has 0 spiro atoms. The molecule has 2 aromatic rings. The molecule has 1 aromatic carbocycles. The summed E-state index contributed by atoms with van der Waals surface area (Å²) >= 11 is 0. The summed E-state index contributed by atoms with van der Waals surface area (Å²) in [5.74, 6) is 1.33. The molecule has 0 unspecified atom stereocenters. The highest BCUT2D eigenvalue weighted by Gasteiger charge is 2.46. The summed E-state index contributed by atoms with van der Waals surface area (Å²) < 4.78 is 7.65. The van der Waals surface area contributed by atoms with Crippen molar-refractivity contribution in [2.75, 3.05) is 19.7 Å². The predicted molar refractivity (Wildman–Crippen MR) is 106 cm³/mol. The Kier molecular flexibility index (Phi) is 4.38. The Hall–Kier alpha value is -2.34. The molecule has 148 valence electrons. The number of rotatable bonds is 5. The summed E-state index contributed by atoms with van der Waals surface area (Å²) in [6.45, 7) is 8.41. The van der Waals surface area contributed by atoms with Gasteiger partial charge in [-0.1, -0.05) is 12.1 Å². The molecule has 4 heterocycles. The molecule has 2 atom stereocenters. The first-order valence-electron chi connectivity index (χ1n) is 10.4. The first-order chi connectivity index (χ1) is 13.6. The van der Waals surface area contributed by atoms with E-state index in [0.717, 1.165) is 62.8 Å². The molecule has 6 heteroatoms. The quantitative estimate of drug-likeness (QED) is 0.799. The van der Waals surface area contributed by atoms with Crippen molar-refractivity contribution in [3.8, 4) is 5.75 Å². The molecule has 3 aliphatic rings. The minimum absolute atomic E-state index is 0.295. The number of amides is 1. The van der Waals surface area contributed by atoms with Crippen LogP contribution in [0.15, 0.2) is 24.3 Å². The Labute approximate surface area is 166 Å². The van der Waals surface area contributed by atoms with Crippen LogP contribution in [0, 0.1) is 13.8 Å². The highest BCUT2D eigenvalue weighted by molar-refractivity contribution is 5.80. The van der Waals surface area contributed by atoms with Gasteiger partial charge in [0.2, 0.25) is 5.91 Å². The number of aryl methyl sites for hydroxylation is 2.